The number of guanidine groups is 1. The molecule has 0 aliphatic carbocycles. The third kappa shape index (κ3) is 4.92. The molecule has 158 valence electrons. The summed E-state index contributed by atoms with van der Waals surface area (Å²) in [7, 11) is 1.86. The van der Waals surface area contributed by atoms with Gasteiger partial charge in [-0.25, -0.2) is 0 Å². The Morgan fingerprint density at radius 3 is 2.69 bits per heavy atom. The summed E-state index contributed by atoms with van der Waals surface area (Å²) in [6.45, 7) is 7.07. The normalized spacial score (nSPS) is 22.8. The van der Waals surface area contributed by atoms with Crippen LogP contribution in [0.15, 0.2) is 29.3 Å². The van der Waals surface area contributed by atoms with Crippen LogP contribution in [0.5, 0.6) is 0 Å². The zero-order valence-electron chi connectivity index (χ0n) is 17.8. The van der Waals surface area contributed by atoms with Crippen LogP contribution in [0.25, 0.3) is 0 Å². The van der Waals surface area contributed by atoms with Crippen LogP contribution in [-0.4, -0.2) is 78.9 Å². The van der Waals surface area contributed by atoms with Crippen LogP contribution in [0.4, 0.5) is 0 Å². The highest BCUT2D eigenvalue weighted by atomic mass is 16.2. The Morgan fingerprint density at radius 1 is 1.10 bits per heavy atom. The van der Waals surface area contributed by atoms with Gasteiger partial charge in [0.2, 0.25) is 5.91 Å². The maximum absolute atomic E-state index is 12.6. The minimum Gasteiger partial charge on any atom is -0.356 e. The molecule has 1 aromatic carbocycles. The lowest BCUT2D eigenvalue weighted by atomic mass is 9.99. The quantitative estimate of drug-likeness (QED) is 0.470. The van der Waals surface area contributed by atoms with Crippen molar-refractivity contribution in [2.75, 3.05) is 46.3 Å². The van der Waals surface area contributed by atoms with Gasteiger partial charge in [-0.05, 0) is 56.3 Å². The third-order valence-corrected chi connectivity index (χ3v) is 6.67. The molecule has 0 radical (unpaired) electrons. The maximum atomic E-state index is 12.6. The number of hydrogen-bond donors (Lipinski definition) is 1. The summed E-state index contributed by atoms with van der Waals surface area (Å²) in [6.07, 6.45) is 6.34. The van der Waals surface area contributed by atoms with Crippen molar-refractivity contribution >= 4 is 11.9 Å². The third-order valence-electron chi connectivity index (χ3n) is 6.67. The highest BCUT2D eigenvalue weighted by Crippen LogP contribution is 2.21. The van der Waals surface area contributed by atoms with Crippen molar-refractivity contribution in [3.63, 3.8) is 0 Å². The van der Waals surface area contributed by atoms with Gasteiger partial charge in [-0.15, -0.1) is 0 Å². The van der Waals surface area contributed by atoms with Gasteiger partial charge >= 0.3 is 0 Å². The molecular weight excluding hydrogens is 362 g/mol. The second kappa shape index (κ2) is 9.61. The second-order valence-electron chi connectivity index (χ2n) is 8.54. The Kier molecular flexibility index (Phi) is 6.70. The van der Waals surface area contributed by atoms with E-state index in [4.69, 9.17) is 0 Å². The summed E-state index contributed by atoms with van der Waals surface area (Å²) in [6, 6.07) is 9.16. The lowest BCUT2D eigenvalue weighted by Crippen LogP contribution is -2.43. The monoisotopic (exact) mass is 397 g/mol. The molecule has 1 atom stereocenters. The molecule has 6 heteroatoms. The number of nitrogens with zero attached hydrogens (tertiary/aromatic N) is 4. The minimum atomic E-state index is 0.270. The van der Waals surface area contributed by atoms with Gasteiger partial charge in [0.15, 0.2) is 5.96 Å². The summed E-state index contributed by atoms with van der Waals surface area (Å²) in [5.74, 6) is 1.26. The Hall–Kier alpha value is -2.08. The van der Waals surface area contributed by atoms with Gasteiger partial charge in [-0.1, -0.05) is 24.3 Å². The minimum absolute atomic E-state index is 0.270. The molecule has 3 heterocycles. The highest BCUT2D eigenvalue weighted by molar-refractivity contribution is 5.80. The number of fused-ring (bicyclic) bond motifs is 1. The topological polar surface area (TPSA) is 51.2 Å². The van der Waals surface area contributed by atoms with E-state index < -0.39 is 0 Å². The van der Waals surface area contributed by atoms with E-state index in [0.29, 0.717) is 12.5 Å². The molecule has 1 amide bonds. The van der Waals surface area contributed by atoms with Crippen molar-refractivity contribution in [2.24, 2.45) is 4.99 Å². The van der Waals surface area contributed by atoms with Gasteiger partial charge in [-0.3, -0.25) is 14.7 Å². The fourth-order valence-corrected chi connectivity index (χ4v) is 4.98. The van der Waals surface area contributed by atoms with Gasteiger partial charge in [0.25, 0.3) is 0 Å². The molecule has 2 saturated heterocycles. The Bertz CT molecular complexity index is 728. The molecule has 0 aromatic heterocycles. The standard InChI is InChI=1S/C23H35N5O/c1-24-23(28-16-11-21(18-28)26-13-4-5-14-26)25-12-6-9-22(29)27-15-10-19-7-2-3-8-20(19)17-27/h2-3,7-8,21H,4-6,9-18H2,1H3,(H,24,25). The number of carbonyl (C=O) groups is 1. The van der Waals surface area contributed by atoms with Crippen LogP contribution in [-0.2, 0) is 17.8 Å². The van der Waals surface area contributed by atoms with Gasteiger partial charge in [0, 0.05) is 52.2 Å². The van der Waals surface area contributed by atoms with E-state index in [1.165, 1.54) is 43.5 Å². The van der Waals surface area contributed by atoms with Crippen LogP contribution in [0.2, 0.25) is 0 Å². The molecule has 29 heavy (non-hydrogen) atoms. The molecule has 0 bridgehead atoms. The van der Waals surface area contributed by atoms with Gasteiger partial charge < -0.3 is 15.1 Å². The summed E-state index contributed by atoms with van der Waals surface area (Å²) in [4.78, 5) is 24.1. The predicted molar refractivity (Wildman–Crippen MR) is 117 cm³/mol. The predicted octanol–water partition coefficient (Wildman–Crippen LogP) is 2.10. The number of rotatable bonds is 5. The molecule has 2 fully saturated rings. The molecule has 1 N–H and O–H groups in total. The van der Waals surface area contributed by atoms with E-state index in [2.05, 4.69) is 44.4 Å². The zero-order chi connectivity index (χ0) is 20.1. The maximum Gasteiger partial charge on any atom is 0.222 e. The number of amides is 1. The molecule has 1 unspecified atom stereocenters. The van der Waals surface area contributed by atoms with Crippen LogP contribution < -0.4 is 5.32 Å². The summed E-state index contributed by atoms with van der Waals surface area (Å²) in [5.41, 5.74) is 2.69. The summed E-state index contributed by atoms with van der Waals surface area (Å²) < 4.78 is 0. The number of benzene rings is 1. The number of likely N-dealkylation sites (tertiary alicyclic amines) is 2. The Morgan fingerprint density at radius 2 is 1.90 bits per heavy atom. The van der Waals surface area contributed by atoms with Gasteiger partial charge in [0.1, 0.15) is 0 Å². The summed E-state index contributed by atoms with van der Waals surface area (Å²) in [5, 5.41) is 3.48. The molecule has 0 saturated carbocycles. The van der Waals surface area contributed by atoms with Crippen molar-refractivity contribution < 1.29 is 4.79 Å². The van der Waals surface area contributed by atoms with E-state index >= 15 is 0 Å². The molecule has 6 nitrogen and oxygen atoms in total. The van der Waals surface area contributed by atoms with E-state index in [-0.39, 0.29) is 5.91 Å². The van der Waals surface area contributed by atoms with Crippen LogP contribution in [0, 0.1) is 0 Å². The number of hydrogen-bond acceptors (Lipinski definition) is 3. The average molecular weight is 398 g/mol. The Labute approximate surface area is 175 Å². The van der Waals surface area contributed by atoms with Gasteiger partial charge in [0.05, 0.1) is 0 Å². The first-order valence-electron chi connectivity index (χ1n) is 11.3. The van der Waals surface area contributed by atoms with Crippen molar-refractivity contribution in [3.05, 3.63) is 35.4 Å². The second-order valence-corrected chi connectivity index (χ2v) is 8.54. The highest BCUT2D eigenvalue weighted by Gasteiger charge is 2.30. The lowest BCUT2D eigenvalue weighted by molar-refractivity contribution is -0.132. The number of aliphatic imine (C=N–C) groups is 1. The molecule has 4 rings (SSSR count). The first-order valence-corrected chi connectivity index (χ1v) is 11.3. The summed E-state index contributed by atoms with van der Waals surface area (Å²) >= 11 is 0. The molecular formula is C23H35N5O. The average Bonchev–Trinajstić information content (AvgIpc) is 3.45. The first kappa shape index (κ1) is 20.2. The van der Waals surface area contributed by atoms with Crippen LogP contribution in [0.3, 0.4) is 0 Å². The molecule has 3 aliphatic heterocycles. The van der Waals surface area contributed by atoms with E-state index in [1.54, 1.807) is 0 Å². The zero-order valence-corrected chi connectivity index (χ0v) is 17.8. The Balaban J connectivity index is 1.17. The lowest BCUT2D eigenvalue weighted by Gasteiger charge is -2.29. The number of nitrogens with one attached hydrogen (secondary N) is 1. The van der Waals surface area contributed by atoms with E-state index in [1.807, 2.05) is 11.9 Å². The van der Waals surface area contributed by atoms with Crippen molar-refractivity contribution in [1.29, 1.82) is 0 Å². The van der Waals surface area contributed by atoms with E-state index in [0.717, 1.165) is 51.5 Å². The molecule has 3 aliphatic rings. The van der Waals surface area contributed by atoms with Crippen LogP contribution in [0.1, 0.15) is 43.2 Å². The molecule has 1 aromatic rings. The fraction of sp³-hybridized carbons (Fsp3) is 0.652. The molecule has 0 spiro atoms. The van der Waals surface area contributed by atoms with Gasteiger partial charge in [-0.2, -0.15) is 0 Å². The van der Waals surface area contributed by atoms with Crippen molar-refractivity contribution in [3.8, 4) is 0 Å². The van der Waals surface area contributed by atoms with E-state index in [9.17, 15) is 4.79 Å². The van der Waals surface area contributed by atoms with Crippen molar-refractivity contribution in [1.82, 2.24) is 20.0 Å². The SMILES string of the molecule is CN=C(NCCCC(=O)N1CCc2ccccc2C1)N1CCC(N2CCCC2)C1. The largest absolute Gasteiger partial charge is 0.356 e. The fourth-order valence-electron chi connectivity index (χ4n) is 4.98. The smallest absolute Gasteiger partial charge is 0.222 e. The van der Waals surface area contributed by atoms with Crippen molar-refractivity contribution in [2.45, 2.75) is 51.1 Å². The van der Waals surface area contributed by atoms with Crippen LogP contribution >= 0.6 is 0 Å². The number of carbonyl (C=O) groups excluding carboxylic acids is 1. The first-order chi connectivity index (χ1) is 14.2.